The summed E-state index contributed by atoms with van der Waals surface area (Å²) in [5.74, 6) is -0.554. The highest BCUT2D eigenvalue weighted by Gasteiger charge is 2.41. The number of carboxylic acid groups (broad SMARTS) is 1. The van der Waals surface area contributed by atoms with Crippen molar-refractivity contribution >= 4 is 46.3 Å². The van der Waals surface area contributed by atoms with E-state index >= 15 is 0 Å². The zero-order valence-corrected chi connectivity index (χ0v) is 16.6. The number of thioether (sulfide) groups is 1. The van der Waals surface area contributed by atoms with Crippen LogP contribution in [0, 0.1) is 5.92 Å². The highest BCUT2D eigenvalue weighted by Crippen LogP contribution is 2.36. The van der Waals surface area contributed by atoms with E-state index in [4.69, 9.17) is 21.7 Å². The highest BCUT2D eigenvalue weighted by molar-refractivity contribution is 8.26. The lowest BCUT2D eigenvalue weighted by atomic mass is 10.0. The fraction of sp³-hybridized carbons (Fsp3) is 0.389. The smallest absolute Gasteiger partial charge is 0.327 e. The Bertz CT molecular complexity index is 760. The third-order valence-corrected chi connectivity index (χ3v) is 5.10. The largest absolute Gasteiger partial charge is 0.493 e. The van der Waals surface area contributed by atoms with Gasteiger partial charge in [0.25, 0.3) is 5.91 Å². The van der Waals surface area contributed by atoms with Crippen molar-refractivity contribution in [2.24, 2.45) is 5.92 Å². The van der Waals surface area contributed by atoms with E-state index in [9.17, 15) is 14.7 Å². The number of thiocarbonyl (C=S) groups is 1. The number of methoxy groups -OCH3 is 1. The van der Waals surface area contributed by atoms with E-state index in [1.807, 2.05) is 6.92 Å². The molecular formula is C18H21NO5S2. The quantitative estimate of drug-likeness (QED) is 0.560. The fourth-order valence-electron chi connectivity index (χ4n) is 2.61. The van der Waals surface area contributed by atoms with E-state index in [1.165, 1.54) is 4.90 Å². The van der Waals surface area contributed by atoms with Crippen LogP contribution in [0.3, 0.4) is 0 Å². The first kappa shape index (κ1) is 20.3. The van der Waals surface area contributed by atoms with Gasteiger partial charge < -0.3 is 14.6 Å². The lowest BCUT2D eigenvalue weighted by Crippen LogP contribution is -2.47. The Kier molecular flexibility index (Phi) is 6.66. The second-order valence-electron chi connectivity index (χ2n) is 5.92. The first-order valence-electron chi connectivity index (χ1n) is 8.10. The number of benzene rings is 1. The molecule has 8 heteroatoms. The molecular weight excluding hydrogens is 374 g/mol. The zero-order valence-electron chi connectivity index (χ0n) is 15.0. The first-order chi connectivity index (χ1) is 12.3. The standard InChI is InChI=1S/C18H21NO5S2/c1-5-24-12-7-6-11(8-13(12)23-4)9-14-16(20)19(18(25)26-14)15(10(2)3)17(21)22/h6-10,15H,5H2,1-4H3,(H,21,22)/b14-9-/t15-/m0/s1. The van der Waals surface area contributed by atoms with E-state index < -0.39 is 17.9 Å². The molecule has 1 heterocycles. The summed E-state index contributed by atoms with van der Waals surface area (Å²) in [6, 6.07) is 4.35. The van der Waals surface area contributed by atoms with Gasteiger partial charge >= 0.3 is 5.97 Å². The third-order valence-electron chi connectivity index (χ3n) is 3.77. The molecule has 1 amide bonds. The van der Waals surface area contributed by atoms with Gasteiger partial charge in [0.2, 0.25) is 0 Å². The summed E-state index contributed by atoms with van der Waals surface area (Å²) in [5.41, 5.74) is 0.738. The van der Waals surface area contributed by atoms with E-state index in [-0.39, 0.29) is 10.2 Å². The Labute approximate surface area is 162 Å². The van der Waals surface area contributed by atoms with Crippen molar-refractivity contribution in [2.45, 2.75) is 26.8 Å². The van der Waals surface area contributed by atoms with E-state index in [0.717, 1.165) is 17.3 Å². The monoisotopic (exact) mass is 395 g/mol. The van der Waals surface area contributed by atoms with Crippen molar-refractivity contribution in [3.63, 3.8) is 0 Å². The predicted molar refractivity (Wildman–Crippen MR) is 105 cm³/mol. The van der Waals surface area contributed by atoms with Gasteiger partial charge in [-0.25, -0.2) is 4.79 Å². The topological polar surface area (TPSA) is 76.1 Å². The van der Waals surface area contributed by atoms with Gasteiger partial charge in [0.1, 0.15) is 10.4 Å². The van der Waals surface area contributed by atoms with Crippen LogP contribution in [0.1, 0.15) is 26.3 Å². The molecule has 2 rings (SSSR count). The molecule has 1 aromatic rings. The van der Waals surface area contributed by atoms with Crippen LogP contribution >= 0.6 is 24.0 Å². The van der Waals surface area contributed by atoms with Crippen molar-refractivity contribution in [3.8, 4) is 11.5 Å². The van der Waals surface area contributed by atoms with Crippen molar-refractivity contribution in [3.05, 3.63) is 28.7 Å². The average Bonchev–Trinajstić information content (AvgIpc) is 2.83. The summed E-state index contributed by atoms with van der Waals surface area (Å²) in [7, 11) is 1.54. The Morgan fingerprint density at radius 2 is 2.08 bits per heavy atom. The lowest BCUT2D eigenvalue weighted by molar-refractivity contribution is -0.146. The summed E-state index contributed by atoms with van der Waals surface area (Å²) in [6.07, 6.45) is 1.68. The summed E-state index contributed by atoms with van der Waals surface area (Å²) in [6.45, 7) is 5.89. The Balaban J connectivity index is 2.34. The molecule has 0 spiro atoms. The number of rotatable bonds is 7. The van der Waals surface area contributed by atoms with E-state index in [1.54, 1.807) is 45.2 Å². The SMILES string of the molecule is CCOc1ccc(/C=C2\SC(=S)N([C@H](C(=O)O)C(C)C)C2=O)cc1OC. The van der Waals surface area contributed by atoms with Gasteiger partial charge in [-0.15, -0.1) is 0 Å². The van der Waals surface area contributed by atoms with Crippen LogP contribution in [0.15, 0.2) is 23.1 Å². The van der Waals surface area contributed by atoms with Gasteiger partial charge in [-0.1, -0.05) is 43.9 Å². The average molecular weight is 396 g/mol. The summed E-state index contributed by atoms with van der Waals surface area (Å²) in [4.78, 5) is 25.8. The number of amides is 1. The number of aliphatic carboxylic acids is 1. The summed E-state index contributed by atoms with van der Waals surface area (Å²) < 4.78 is 11.0. The molecule has 0 saturated carbocycles. The lowest BCUT2D eigenvalue weighted by Gasteiger charge is -2.26. The fourth-order valence-corrected chi connectivity index (χ4v) is 3.94. The molecule has 1 aliphatic rings. The molecule has 1 atom stereocenters. The van der Waals surface area contributed by atoms with Gasteiger partial charge in [-0.05, 0) is 36.6 Å². The molecule has 6 nitrogen and oxygen atoms in total. The molecule has 0 radical (unpaired) electrons. The summed E-state index contributed by atoms with van der Waals surface area (Å²) in [5, 5.41) is 9.45. The van der Waals surface area contributed by atoms with Crippen LogP contribution in [0.25, 0.3) is 6.08 Å². The predicted octanol–water partition coefficient (Wildman–Crippen LogP) is 3.40. The van der Waals surface area contributed by atoms with E-state index in [2.05, 4.69) is 0 Å². The number of ether oxygens (including phenoxy) is 2. The molecule has 1 fully saturated rings. The van der Waals surface area contributed by atoms with Crippen molar-refractivity contribution in [1.29, 1.82) is 0 Å². The molecule has 1 N–H and O–H groups in total. The molecule has 0 aliphatic carbocycles. The number of carbonyl (C=O) groups is 2. The molecule has 0 aromatic heterocycles. The van der Waals surface area contributed by atoms with Crippen LogP contribution < -0.4 is 9.47 Å². The molecule has 0 unspecified atom stereocenters. The van der Waals surface area contributed by atoms with Crippen LogP contribution in [0.4, 0.5) is 0 Å². The van der Waals surface area contributed by atoms with Gasteiger partial charge in [0.15, 0.2) is 11.5 Å². The van der Waals surface area contributed by atoms with Crippen LogP contribution in [-0.2, 0) is 9.59 Å². The maximum Gasteiger partial charge on any atom is 0.327 e. The molecule has 0 bridgehead atoms. The molecule has 1 saturated heterocycles. The maximum atomic E-state index is 12.7. The zero-order chi connectivity index (χ0) is 19.4. The highest BCUT2D eigenvalue weighted by atomic mass is 32.2. The number of hydrogen-bond donors (Lipinski definition) is 1. The second kappa shape index (κ2) is 8.55. The van der Waals surface area contributed by atoms with Crippen LogP contribution in [-0.4, -0.2) is 46.0 Å². The summed E-state index contributed by atoms with van der Waals surface area (Å²) >= 11 is 6.35. The Hall–Kier alpha value is -2.06. The van der Waals surface area contributed by atoms with Gasteiger partial charge in [-0.3, -0.25) is 9.69 Å². The number of carboxylic acids is 1. The van der Waals surface area contributed by atoms with Gasteiger partial charge in [0.05, 0.1) is 18.6 Å². The van der Waals surface area contributed by atoms with Crippen LogP contribution in [0.2, 0.25) is 0 Å². The second-order valence-corrected chi connectivity index (χ2v) is 7.60. The van der Waals surface area contributed by atoms with Gasteiger partial charge in [-0.2, -0.15) is 0 Å². The number of carbonyl (C=O) groups excluding carboxylic acids is 1. The molecule has 1 aliphatic heterocycles. The molecule has 26 heavy (non-hydrogen) atoms. The van der Waals surface area contributed by atoms with Crippen molar-refractivity contribution < 1.29 is 24.2 Å². The van der Waals surface area contributed by atoms with Crippen molar-refractivity contribution in [1.82, 2.24) is 4.90 Å². The minimum Gasteiger partial charge on any atom is -0.493 e. The molecule has 140 valence electrons. The van der Waals surface area contributed by atoms with E-state index in [0.29, 0.717) is 23.0 Å². The normalized spacial score (nSPS) is 17.1. The Morgan fingerprint density at radius 3 is 2.62 bits per heavy atom. The first-order valence-corrected chi connectivity index (χ1v) is 9.33. The minimum atomic E-state index is -1.07. The maximum absolute atomic E-state index is 12.7. The van der Waals surface area contributed by atoms with Gasteiger partial charge in [0, 0.05) is 0 Å². The number of nitrogens with zero attached hydrogens (tertiary/aromatic N) is 1. The van der Waals surface area contributed by atoms with Crippen molar-refractivity contribution in [2.75, 3.05) is 13.7 Å². The Morgan fingerprint density at radius 1 is 1.38 bits per heavy atom. The third kappa shape index (κ3) is 4.19. The molecule has 1 aromatic carbocycles. The number of hydrogen-bond acceptors (Lipinski definition) is 6. The minimum absolute atomic E-state index is 0.250. The van der Waals surface area contributed by atoms with Crippen LogP contribution in [0.5, 0.6) is 11.5 Å².